The predicted molar refractivity (Wildman–Crippen MR) is 81.5 cm³/mol. The maximum absolute atomic E-state index is 13.0. The lowest BCUT2D eigenvalue weighted by molar-refractivity contribution is -0.213. The van der Waals surface area contributed by atoms with E-state index in [1.54, 1.807) is 0 Å². The van der Waals surface area contributed by atoms with Gasteiger partial charge in [-0.15, -0.1) is 0 Å². The van der Waals surface area contributed by atoms with Crippen LogP contribution < -0.4 is 0 Å². The molecule has 152 valence electrons. The van der Waals surface area contributed by atoms with E-state index in [1.807, 2.05) is 0 Å². The van der Waals surface area contributed by atoms with Gasteiger partial charge in [-0.05, 0) is 51.4 Å². The topological polar surface area (TPSA) is 44.8 Å². The van der Waals surface area contributed by atoms with E-state index in [4.69, 9.17) is 9.47 Å². The molecule has 1 aliphatic carbocycles. The van der Waals surface area contributed by atoms with Crippen LogP contribution in [-0.2, 0) is 19.0 Å². The van der Waals surface area contributed by atoms with E-state index in [-0.39, 0.29) is 25.6 Å². The molecule has 1 saturated heterocycles. The van der Waals surface area contributed by atoms with E-state index in [9.17, 15) is 26.7 Å². The van der Waals surface area contributed by atoms with Crippen molar-refractivity contribution in [3.8, 4) is 0 Å². The molecule has 0 unspecified atom stereocenters. The number of carbonyl (C=O) groups excluding carboxylic acids is 1. The Bertz CT molecular complexity index is 447. The van der Waals surface area contributed by atoms with Crippen molar-refractivity contribution in [2.24, 2.45) is 11.8 Å². The molecule has 2 rings (SSSR count). The SMILES string of the molecule is CC(F)(F)CC1COC(CCC2CCC(OC(=O)C(F)(F)F)CC2)OC1. The molecule has 0 radical (unpaired) electrons. The summed E-state index contributed by atoms with van der Waals surface area (Å²) in [4.78, 5) is 10.8. The summed E-state index contributed by atoms with van der Waals surface area (Å²) in [5.41, 5.74) is 0. The molecule has 2 fully saturated rings. The first kappa shape index (κ1) is 21.3. The largest absolute Gasteiger partial charge is 0.490 e. The van der Waals surface area contributed by atoms with Crippen LogP contribution in [0.5, 0.6) is 0 Å². The smallest absolute Gasteiger partial charge is 0.456 e. The van der Waals surface area contributed by atoms with Crippen LogP contribution >= 0.6 is 0 Å². The van der Waals surface area contributed by atoms with Gasteiger partial charge in [0.1, 0.15) is 6.10 Å². The van der Waals surface area contributed by atoms with Crippen LogP contribution in [-0.4, -0.2) is 43.7 Å². The van der Waals surface area contributed by atoms with Gasteiger partial charge in [0.25, 0.3) is 0 Å². The normalized spacial score (nSPS) is 30.8. The fourth-order valence-corrected chi connectivity index (χ4v) is 3.50. The van der Waals surface area contributed by atoms with E-state index in [2.05, 4.69) is 4.74 Å². The third kappa shape index (κ3) is 7.34. The Labute approximate surface area is 149 Å². The average molecular weight is 388 g/mol. The number of halogens is 5. The van der Waals surface area contributed by atoms with Gasteiger partial charge in [-0.3, -0.25) is 0 Å². The van der Waals surface area contributed by atoms with Crippen LogP contribution in [0.15, 0.2) is 0 Å². The molecule has 0 aromatic carbocycles. The highest BCUT2D eigenvalue weighted by molar-refractivity contribution is 5.75. The molecule has 0 aromatic rings. The molecule has 0 N–H and O–H groups in total. The second-order valence-corrected chi connectivity index (χ2v) is 7.36. The molecular formula is C17H25F5O4. The molecule has 1 saturated carbocycles. The maximum Gasteiger partial charge on any atom is 0.490 e. The fourth-order valence-electron chi connectivity index (χ4n) is 3.50. The van der Waals surface area contributed by atoms with Gasteiger partial charge in [0, 0.05) is 12.3 Å². The number of rotatable bonds is 6. The van der Waals surface area contributed by atoms with Crippen molar-refractivity contribution in [3.05, 3.63) is 0 Å². The second-order valence-electron chi connectivity index (χ2n) is 7.36. The summed E-state index contributed by atoms with van der Waals surface area (Å²) >= 11 is 0. The van der Waals surface area contributed by atoms with E-state index < -0.39 is 30.5 Å². The third-order valence-electron chi connectivity index (χ3n) is 4.79. The Kier molecular flexibility index (Phi) is 7.24. The van der Waals surface area contributed by atoms with Crippen molar-refractivity contribution in [3.63, 3.8) is 0 Å². The number of esters is 1. The van der Waals surface area contributed by atoms with E-state index in [0.29, 0.717) is 38.0 Å². The summed E-state index contributed by atoms with van der Waals surface area (Å²) in [5, 5.41) is 0. The van der Waals surface area contributed by atoms with Crippen molar-refractivity contribution < 1.29 is 41.0 Å². The van der Waals surface area contributed by atoms with Gasteiger partial charge in [-0.25, -0.2) is 13.6 Å². The van der Waals surface area contributed by atoms with Gasteiger partial charge >= 0.3 is 12.1 Å². The van der Waals surface area contributed by atoms with Crippen molar-refractivity contribution in [2.45, 2.75) is 76.4 Å². The Morgan fingerprint density at radius 3 is 2.04 bits per heavy atom. The number of alkyl halides is 5. The summed E-state index contributed by atoms with van der Waals surface area (Å²) in [6.45, 7) is 1.36. The Hall–Kier alpha value is -0.960. The Morgan fingerprint density at radius 1 is 0.962 bits per heavy atom. The Morgan fingerprint density at radius 2 is 1.54 bits per heavy atom. The van der Waals surface area contributed by atoms with Crippen LogP contribution in [0.4, 0.5) is 22.0 Å². The quantitative estimate of drug-likeness (QED) is 0.498. The van der Waals surface area contributed by atoms with Crippen LogP contribution in [0.2, 0.25) is 0 Å². The standard InChI is InChI=1S/C17H25F5O4/c1-16(18,19)8-12-9-24-14(25-10-12)7-4-11-2-5-13(6-3-11)26-15(23)17(20,21)22/h11-14H,2-10H2,1H3. The highest BCUT2D eigenvalue weighted by atomic mass is 19.4. The summed E-state index contributed by atoms with van der Waals surface area (Å²) in [6, 6.07) is 0. The minimum absolute atomic E-state index is 0.244. The lowest BCUT2D eigenvalue weighted by Crippen LogP contribution is -2.35. The highest BCUT2D eigenvalue weighted by Crippen LogP contribution is 2.32. The molecule has 4 nitrogen and oxygen atoms in total. The monoisotopic (exact) mass is 388 g/mol. The van der Waals surface area contributed by atoms with Gasteiger partial charge in [-0.2, -0.15) is 13.2 Å². The molecule has 26 heavy (non-hydrogen) atoms. The molecule has 0 amide bonds. The lowest BCUT2D eigenvalue weighted by Gasteiger charge is -2.32. The molecule has 0 bridgehead atoms. The first-order valence-electron chi connectivity index (χ1n) is 8.92. The molecule has 0 atom stereocenters. The van der Waals surface area contributed by atoms with Crippen molar-refractivity contribution in [2.75, 3.05) is 13.2 Å². The fraction of sp³-hybridized carbons (Fsp3) is 0.941. The van der Waals surface area contributed by atoms with Crippen molar-refractivity contribution in [1.29, 1.82) is 0 Å². The maximum atomic E-state index is 13.0. The van der Waals surface area contributed by atoms with Gasteiger partial charge in [0.05, 0.1) is 13.2 Å². The van der Waals surface area contributed by atoms with E-state index in [0.717, 1.165) is 13.3 Å². The Balaban J connectivity index is 1.60. The molecule has 9 heteroatoms. The second kappa shape index (κ2) is 8.82. The van der Waals surface area contributed by atoms with Crippen LogP contribution in [0.25, 0.3) is 0 Å². The zero-order chi connectivity index (χ0) is 19.4. The van der Waals surface area contributed by atoms with Gasteiger partial charge < -0.3 is 14.2 Å². The minimum atomic E-state index is -4.95. The summed E-state index contributed by atoms with van der Waals surface area (Å²) in [7, 11) is 0. The number of ether oxygens (including phenoxy) is 3. The van der Waals surface area contributed by atoms with Gasteiger partial charge in [-0.1, -0.05) is 0 Å². The third-order valence-corrected chi connectivity index (χ3v) is 4.79. The average Bonchev–Trinajstić information content (AvgIpc) is 2.53. The number of hydrogen-bond donors (Lipinski definition) is 0. The number of hydrogen-bond acceptors (Lipinski definition) is 4. The molecule has 0 aromatic heterocycles. The van der Waals surface area contributed by atoms with E-state index >= 15 is 0 Å². The highest BCUT2D eigenvalue weighted by Gasteiger charge is 2.42. The molecule has 1 heterocycles. The minimum Gasteiger partial charge on any atom is -0.456 e. The predicted octanol–water partition coefficient (Wildman–Crippen LogP) is 4.47. The van der Waals surface area contributed by atoms with Crippen molar-refractivity contribution >= 4 is 5.97 Å². The zero-order valence-corrected chi connectivity index (χ0v) is 14.7. The lowest BCUT2D eigenvalue weighted by atomic mass is 9.84. The summed E-state index contributed by atoms with van der Waals surface area (Å²) < 4.78 is 77.9. The van der Waals surface area contributed by atoms with Gasteiger partial charge in [0.2, 0.25) is 5.92 Å². The molecule has 2 aliphatic rings. The van der Waals surface area contributed by atoms with Crippen LogP contribution in [0.1, 0.15) is 51.9 Å². The molecular weight excluding hydrogens is 363 g/mol. The van der Waals surface area contributed by atoms with E-state index in [1.165, 1.54) is 0 Å². The van der Waals surface area contributed by atoms with Crippen LogP contribution in [0, 0.1) is 11.8 Å². The van der Waals surface area contributed by atoms with Gasteiger partial charge in [0.15, 0.2) is 6.29 Å². The summed E-state index contributed by atoms with van der Waals surface area (Å²) in [6.07, 6.45) is -2.76. The van der Waals surface area contributed by atoms with Crippen molar-refractivity contribution in [1.82, 2.24) is 0 Å². The summed E-state index contributed by atoms with van der Waals surface area (Å²) in [5.74, 6) is -4.87. The zero-order valence-electron chi connectivity index (χ0n) is 14.7. The van der Waals surface area contributed by atoms with Crippen LogP contribution in [0.3, 0.4) is 0 Å². The molecule has 1 aliphatic heterocycles. The first-order valence-corrected chi connectivity index (χ1v) is 8.92. The number of carbonyl (C=O) groups is 1. The molecule has 0 spiro atoms. The first-order chi connectivity index (χ1) is 12.0.